The highest BCUT2D eigenvalue weighted by atomic mass is 15.2. The number of hydrogen-bond acceptors (Lipinski definition) is 3. The maximum Gasteiger partial charge on any atom is 0.0825 e. The number of rotatable bonds is 3. The van der Waals surface area contributed by atoms with E-state index >= 15 is 0 Å². The topological polar surface area (TPSA) is 44.0 Å². The third-order valence-corrected chi connectivity index (χ3v) is 3.76. The van der Waals surface area contributed by atoms with E-state index in [1.807, 2.05) is 0 Å². The second-order valence-electron chi connectivity index (χ2n) is 5.17. The number of nitrogens with zero attached hydrogens (tertiary/aromatic N) is 2. The number of aromatic nitrogens is 2. The number of aryl methyl sites for hydroxylation is 2. The molecule has 1 saturated heterocycles. The summed E-state index contributed by atoms with van der Waals surface area (Å²) in [5.74, 6) is 0. The molecule has 1 unspecified atom stereocenters. The number of anilines is 1. The van der Waals surface area contributed by atoms with E-state index < -0.39 is 0 Å². The Morgan fingerprint density at radius 3 is 2.75 bits per heavy atom. The molecule has 88 valence electrons. The fraction of sp³-hybridized carbons (Fsp3) is 0.750. The summed E-state index contributed by atoms with van der Waals surface area (Å²) < 4.78 is 0. The van der Waals surface area contributed by atoms with Gasteiger partial charge in [-0.25, -0.2) is 0 Å². The average molecular weight is 220 g/mol. The number of aromatic amines is 1. The van der Waals surface area contributed by atoms with Gasteiger partial charge in [-0.2, -0.15) is 5.10 Å². The van der Waals surface area contributed by atoms with E-state index in [-0.39, 0.29) is 0 Å². The fourth-order valence-corrected chi connectivity index (χ4v) is 2.64. The number of hydrogen-bond donors (Lipinski definition) is 2. The second kappa shape index (κ2) is 3.77. The van der Waals surface area contributed by atoms with Crippen LogP contribution in [0.5, 0.6) is 0 Å². The Labute approximate surface area is 96.4 Å². The van der Waals surface area contributed by atoms with Crippen molar-refractivity contribution in [2.45, 2.75) is 45.2 Å². The van der Waals surface area contributed by atoms with Gasteiger partial charge in [0.1, 0.15) is 0 Å². The van der Waals surface area contributed by atoms with Crippen LogP contribution < -0.4 is 5.32 Å². The van der Waals surface area contributed by atoms with E-state index in [0.29, 0.717) is 6.04 Å². The standard InChI is InChI=1S/C12H20N4/c1-8-12(9(2)15-14-8)13-10-5-6-16(7-10)11-3-4-11/h10-11,13H,3-7H2,1-2H3,(H,14,15). The second-order valence-corrected chi connectivity index (χ2v) is 5.17. The summed E-state index contributed by atoms with van der Waals surface area (Å²) in [6, 6.07) is 1.51. The van der Waals surface area contributed by atoms with Crippen LogP contribution in [0.2, 0.25) is 0 Å². The van der Waals surface area contributed by atoms with Crippen LogP contribution >= 0.6 is 0 Å². The summed E-state index contributed by atoms with van der Waals surface area (Å²) in [6.07, 6.45) is 4.09. The van der Waals surface area contributed by atoms with Crippen molar-refractivity contribution in [3.63, 3.8) is 0 Å². The van der Waals surface area contributed by atoms with Gasteiger partial charge in [0, 0.05) is 25.2 Å². The van der Waals surface area contributed by atoms with Gasteiger partial charge in [0.2, 0.25) is 0 Å². The minimum Gasteiger partial charge on any atom is -0.378 e. The van der Waals surface area contributed by atoms with Crippen molar-refractivity contribution >= 4 is 5.69 Å². The van der Waals surface area contributed by atoms with Gasteiger partial charge >= 0.3 is 0 Å². The third-order valence-electron chi connectivity index (χ3n) is 3.76. The molecule has 2 heterocycles. The molecule has 1 aromatic heterocycles. The van der Waals surface area contributed by atoms with E-state index in [4.69, 9.17) is 0 Å². The lowest BCUT2D eigenvalue weighted by Gasteiger charge is -2.16. The molecule has 1 aliphatic heterocycles. The van der Waals surface area contributed by atoms with E-state index in [1.54, 1.807) is 0 Å². The van der Waals surface area contributed by atoms with Crippen LogP contribution in [0.3, 0.4) is 0 Å². The fourth-order valence-electron chi connectivity index (χ4n) is 2.64. The summed E-state index contributed by atoms with van der Waals surface area (Å²) in [7, 11) is 0. The predicted molar refractivity (Wildman–Crippen MR) is 64.7 cm³/mol. The molecule has 0 aromatic carbocycles. The molecule has 4 heteroatoms. The lowest BCUT2D eigenvalue weighted by atomic mass is 10.2. The van der Waals surface area contributed by atoms with Gasteiger partial charge in [-0.3, -0.25) is 10.00 Å². The van der Waals surface area contributed by atoms with Gasteiger partial charge in [-0.1, -0.05) is 0 Å². The van der Waals surface area contributed by atoms with Crippen molar-refractivity contribution in [3.8, 4) is 0 Å². The zero-order valence-electron chi connectivity index (χ0n) is 10.1. The van der Waals surface area contributed by atoms with E-state index in [9.17, 15) is 0 Å². The Kier molecular flexibility index (Phi) is 2.39. The van der Waals surface area contributed by atoms with Crippen molar-refractivity contribution in [2.24, 2.45) is 0 Å². The van der Waals surface area contributed by atoms with Crippen LogP contribution in [0.4, 0.5) is 5.69 Å². The van der Waals surface area contributed by atoms with E-state index in [1.165, 1.54) is 38.0 Å². The predicted octanol–water partition coefficient (Wildman–Crippen LogP) is 1.68. The smallest absolute Gasteiger partial charge is 0.0825 e. The normalized spacial score (nSPS) is 26.2. The zero-order valence-corrected chi connectivity index (χ0v) is 10.1. The SMILES string of the molecule is Cc1n[nH]c(C)c1NC1CCN(C2CC2)C1. The van der Waals surface area contributed by atoms with Gasteiger partial charge in [-0.05, 0) is 33.1 Å². The molecule has 2 fully saturated rings. The molecule has 16 heavy (non-hydrogen) atoms. The van der Waals surface area contributed by atoms with Gasteiger partial charge in [0.15, 0.2) is 0 Å². The average Bonchev–Trinajstić information content (AvgIpc) is 2.95. The minimum atomic E-state index is 0.607. The molecule has 2 aliphatic rings. The van der Waals surface area contributed by atoms with Gasteiger partial charge in [0.25, 0.3) is 0 Å². The maximum atomic E-state index is 4.22. The summed E-state index contributed by atoms with van der Waals surface area (Å²) >= 11 is 0. The highest BCUT2D eigenvalue weighted by molar-refractivity contribution is 5.52. The summed E-state index contributed by atoms with van der Waals surface area (Å²) in [6.45, 7) is 6.60. The highest BCUT2D eigenvalue weighted by Crippen LogP contribution is 2.31. The van der Waals surface area contributed by atoms with Crippen molar-refractivity contribution < 1.29 is 0 Å². The van der Waals surface area contributed by atoms with Crippen LogP contribution in [0.1, 0.15) is 30.7 Å². The molecule has 1 aromatic rings. The summed E-state index contributed by atoms with van der Waals surface area (Å²) in [4.78, 5) is 2.63. The molecular weight excluding hydrogens is 200 g/mol. The Hall–Kier alpha value is -1.03. The molecule has 0 spiro atoms. The molecule has 1 saturated carbocycles. The monoisotopic (exact) mass is 220 g/mol. The molecule has 2 N–H and O–H groups in total. The maximum absolute atomic E-state index is 4.22. The molecule has 1 atom stereocenters. The van der Waals surface area contributed by atoms with Crippen molar-refractivity contribution in [1.82, 2.24) is 15.1 Å². The number of H-pyrrole nitrogens is 1. The highest BCUT2D eigenvalue weighted by Gasteiger charge is 2.34. The largest absolute Gasteiger partial charge is 0.378 e. The Morgan fingerprint density at radius 1 is 1.31 bits per heavy atom. The van der Waals surface area contributed by atoms with Crippen molar-refractivity contribution in [3.05, 3.63) is 11.4 Å². The summed E-state index contributed by atoms with van der Waals surface area (Å²) in [5, 5.41) is 10.9. The quantitative estimate of drug-likeness (QED) is 0.814. The molecule has 0 bridgehead atoms. The Bertz CT molecular complexity index is 361. The zero-order chi connectivity index (χ0) is 11.1. The van der Waals surface area contributed by atoms with E-state index in [0.717, 1.165) is 17.4 Å². The van der Waals surface area contributed by atoms with Crippen LogP contribution in [0, 0.1) is 13.8 Å². The number of nitrogens with one attached hydrogen (secondary N) is 2. The molecule has 0 radical (unpaired) electrons. The third kappa shape index (κ3) is 1.82. The van der Waals surface area contributed by atoms with Crippen LogP contribution in [-0.4, -0.2) is 40.3 Å². The van der Waals surface area contributed by atoms with Gasteiger partial charge < -0.3 is 5.32 Å². The molecule has 1 aliphatic carbocycles. The molecule has 4 nitrogen and oxygen atoms in total. The van der Waals surface area contributed by atoms with Gasteiger partial charge in [-0.15, -0.1) is 0 Å². The first-order chi connectivity index (χ1) is 7.74. The molecule has 3 rings (SSSR count). The van der Waals surface area contributed by atoms with Crippen molar-refractivity contribution in [2.75, 3.05) is 18.4 Å². The first kappa shape index (κ1) is 10.1. The molecule has 0 amide bonds. The van der Waals surface area contributed by atoms with E-state index in [2.05, 4.69) is 34.3 Å². The molecular formula is C12H20N4. The lowest BCUT2D eigenvalue weighted by Crippen LogP contribution is -2.28. The number of likely N-dealkylation sites (tertiary alicyclic amines) is 1. The van der Waals surface area contributed by atoms with Gasteiger partial charge in [0.05, 0.1) is 17.1 Å². The van der Waals surface area contributed by atoms with Crippen LogP contribution in [0.25, 0.3) is 0 Å². The Morgan fingerprint density at radius 2 is 2.12 bits per heavy atom. The van der Waals surface area contributed by atoms with Crippen molar-refractivity contribution in [1.29, 1.82) is 0 Å². The van der Waals surface area contributed by atoms with Crippen LogP contribution in [-0.2, 0) is 0 Å². The summed E-state index contributed by atoms with van der Waals surface area (Å²) in [5.41, 5.74) is 3.45. The minimum absolute atomic E-state index is 0.607. The lowest BCUT2D eigenvalue weighted by molar-refractivity contribution is 0.326. The Balaban J connectivity index is 1.63. The van der Waals surface area contributed by atoms with Crippen LogP contribution in [0.15, 0.2) is 0 Å². The first-order valence-corrected chi connectivity index (χ1v) is 6.26. The first-order valence-electron chi connectivity index (χ1n) is 6.26.